The van der Waals surface area contributed by atoms with Gasteiger partial charge in [-0.15, -0.1) is 0 Å². The van der Waals surface area contributed by atoms with Crippen LogP contribution in [0.1, 0.15) is 43.2 Å². The maximum Gasteiger partial charge on any atom is 0.407 e. The molecule has 9 nitrogen and oxygen atoms in total. The van der Waals surface area contributed by atoms with Gasteiger partial charge in [-0.2, -0.15) is 0 Å². The van der Waals surface area contributed by atoms with E-state index in [1.54, 1.807) is 0 Å². The second-order valence-electron chi connectivity index (χ2n) is 8.54. The van der Waals surface area contributed by atoms with Crippen molar-refractivity contribution in [3.63, 3.8) is 0 Å². The summed E-state index contributed by atoms with van der Waals surface area (Å²) in [4.78, 5) is 47.8. The quantitative estimate of drug-likeness (QED) is 0.551. The highest BCUT2D eigenvalue weighted by atomic mass is 16.5. The molecular weight excluding hydrogens is 438 g/mol. The summed E-state index contributed by atoms with van der Waals surface area (Å²) in [5.41, 5.74) is 6.83. The molecule has 0 saturated carbocycles. The molecule has 1 heterocycles. The number of carbonyl (C=O) groups excluding carboxylic acids is 3. The number of nitrogens with zero attached hydrogens (tertiary/aromatic N) is 1. The molecule has 2 aliphatic rings. The number of benzene rings is 2. The van der Waals surface area contributed by atoms with Gasteiger partial charge in [0, 0.05) is 18.9 Å². The summed E-state index contributed by atoms with van der Waals surface area (Å²) in [6, 6.07) is 14.9. The molecule has 1 fully saturated rings. The number of nitrogens with one attached hydrogen (secondary N) is 2. The van der Waals surface area contributed by atoms with Crippen LogP contribution in [0.3, 0.4) is 0 Å². The normalized spacial score (nSPS) is 17.5. The van der Waals surface area contributed by atoms with Crippen molar-refractivity contribution in [2.24, 2.45) is 5.92 Å². The first kappa shape index (κ1) is 23.3. The molecule has 3 amide bonds. The maximum absolute atomic E-state index is 12.6. The minimum Gasteiger partial charge on any atom is -0.480 e. The van der Waals surface area contributed by atoms with Gasteiger partial charge >= 0.3 is 12.1 Å². The van der Waals surface area contributed by atoms with E-state index in [0.717, 1.165) is 27.3 Å². The standard InChI is InChI=1S/C25H27N3O6/c1-2-15(11-23(30)28-21(24(31)32)12-22(29)27-28)13-26-25(33)34-14-20-18-9-5-3-7-16(18)17-8-4-6-10-19(17)20/h3-10,15,20-21H,2,11-14H2,1H3,(H,26,33)(H,27,29)(H,31,32). The van der Waals surface area contributed by atoms with Crippen molar-refractivity contribution in [3.8, 4) is 11.1 Å². The van der Waals surface area contributed by atoms with Crippen LogP contribution in [0.2, 0.25) is 0 Å². The highest BCUT2D eigenvalue weighted by Crippen LogP contribution is 2.44. The van der Waals surface area contributed by atoms with Gasteiger partial charge in [-0.1, -0.05) is 61.9 Å². The Morgan fingerprint density at radius 2 is 1.74 bits per heavy atom. The Labute approximate surface area is 197 Å². The molecule has 0 bridgehead atoms. The second-order valence-corrected chi connectivity index (χ2v) is 8.54. The van der Waals surface area contributed by atoms with Crippen LogP contribution in [-0.4, -0.2) is 53.2 Å². The van der Waals surface area contributed by atoms with Crippen molar-refractivity contribution in [2.45, 2.75) is 38.1 Å². The van der Waals surface area contributed by atoms with E-state index >= 15 is 0 Å². The van der Waals surface area contributed by atoms with Crippen LogP contribution >= 0.6 is 0 Å². The maximum atomic E-state index is 12.6. The zero-order chi connectivity index (χ0) is 24.2. The van der Waals surface area contributed by atoms with E-state index in [4.69, 9.17) is 4.74 Å². The molecule has 1 aliphatic heterocycles. The summed E-state index contributed by atoms with van der Waals surface area (Å²) in [7, 11) is 0. The van der Waals surface area contributed by atoms with Gasteiger partial charge in [0.25, 0.3) is 0 Å². The number of carboxylic acid groups (broad SMARTS) is 1. The van der Waals surface area contributed by atoms with Crippen LogP contribution in [0.25, 0.3) is 11.1 Å². The second kappa shape index (κ2) is 9.94. The third-order valence-corrected chi connectivity index (χ3v) is 6.41. The highest BCUT2D eigenvalue weighted by molar-refractivity contribution is 5.93. The first-order valence-electron chi connectivity index (χ1n) is 11.3. The van der Waals surface area contributed by atoms with Crippen molar-refractivity contribution in [1.82, 2.24) is 15.8 Å². The number of carboxylic acids is 1. The molecular formula is C25H27N3O6. The molecule has 34 heavy (non-hydrogen) atoms. The fourth-order valence-electron chi connectivity index (χ4n) is 4.54. The molecule has 3 N–H and O–H groups in total. The molecule has 1 saturated heterocycles. The van der Waals surface area contributed by atoms with Crippen LogP contribution in [0.5, 0.6) is 0 Å². The van der Waals surface area contributed by atoms with Gasteiger partial charge in [0.05, 0.1) is 6.42 Å². The zero-order valence-electron chi connectivity index (χ0n) is 18.8. The number of ether oxygens (including phenoxy) is 1. The fraction of sp³-hybridized carbons (Fsp3) is 0.360. The van der Waals surface area contributed by atoms with Crippen LogP contribution in [-0.2, 0) is 19.1 Å². The first-order chi connectivity index (χ1) is 16.4. The largest absolute Gasteiger partial charge is 0.480 e. The fourth-order valence-corrected chi connectivity index (χ4v) is 4.54. The summed E-state index contributed by atoms with van der Waals surface area (Å²) in [6.07, 6.45) is -0.278. The molecule has 0 spiro atoms. The third-order valence-electron chi connectivity index (χ3n) is 6.41. The van der Waals surface area contributed by atoms with Gasteiger partial charge in [-0.3, -0.25) is 15.0 Å². The van der Waals surface area contributed by atoms with E-state index < -0.39 is 29.9 Å². The monoisotopic (exact) mass is 465 g/mol. The molecule has 2 aromatic carbocycles. The topological polar surface area (TPSA) is 125 Å². The molecule has 2 aromatic rings. The number of rotatable bonds is 8. The van der Waals surface area contributed by atoms with Crippen molar-refractivity contribution >= 4 is 23.9 Å². The molecule has 0 radical (unpaired) electrons. The number of amides is 3. The minimum atomic E-state index is -1.24. The number of aliphatic carboxylic acids is 1. The number of fused-ring (bicyclic) bond motifs is 3. The van der Waals surface area contributed by atoms with E-state index in [2.05, 4.69) is 22.9 Å². The van der Waals surface area contributed by atoms with Crippen LogP contribution < -0.4 is 10.7 Å². The molecule has 178 valence electrons. The van der Waals surface area contributed by atoms with Gasteiger partial charge in [0.15, 0.2) is 6.04 Å². The van der Waals surface area contributed by atoms with E-state index in [9.17, 15) is 24.3 Å². The predicted molar refractivity (Wildman–Crippen MR) is 122 cm³/mol. The first-order valence-corrected chi connectivity index (χ1v) is 11.3. The van der Waals surface area contributed by atoms with Crippen molar-refractivity contribution in [3.05, 3.63) is 59.7 Å². The van der Waals surface area contributed by atoms with E-state index in [0.29, 0.717) is 6.42 Å². The van der Waals surface area contributed by atoms with E-state index in [1.807, 2.05) is 43.3 Å². The minimum absolute atomic E-state index is 0.00971. The van der Waals surface area contributed by atoms with Crippen molar-refractivity contribution in [1.29, 1.82) is 0 Å². The Morgan fingerprint density at radius 3 is 2.32 bits per heavy atom. The van der Waals surface area contributed by atoms with E-state index in [-0.39, 0.29) is 37.8 Å². The SMILES string of the molecule is CCC(CNC(=O)OCC1c2ccccc2-c2ccccc21)CC(=O)N1NC(=O)CC1C(=O)O. The molecule has 9 heteroatoms. The smallest absolute Gasteiger partial charge is 0.407 e. The molecule has 2 unspecified atom stereocenters. The molecule has 0 aromatic heterocycles. The lowest BCUT2D eigenvalue weighted by Gasteiger charge is -2.23. The van der Waals surface area contributed by atoms with E-state index in [1.165, 1.54) is 0 Å². The number of carbonyl (C=O) groups is 4. The molecule has 1 aliphatic carbocycles. The van der Waals surface area contributed by atoms with Gasteiger partial charge in [-0.05, 0) is 28.2 Å². The summed E-state index contributed by atoms with van der Waals surface area (Å²) in [6.45, 7) is 2.25. The van der Waals surface area contributed by atoms with Gasteiger partial charge in [-0.25, -0.2) is 14.6 Å². The number of hydrogen-bond acceptors (Lipinski definition) is 5. The number of hydrogen-bond donors (Lipinski definition) is 3. The lowest BCUT2D eigenvalue weighted by Crippen LogP contribution is -2.47. The third kappa shape index (κ3) is 4.73. The average molecular weight is 466 g/mol. The zero-order valence-corrected chi connectivity index (χ0v) is 18.8. The van der Waals surface area contributed by atoms with Crippen molar-refractivity contribution < 1.29 is 29.0 Å². The number of alkyl carbamates (subject to hydrolysis) is 1. The van der Waals surface area contributed by atoms with Gasteiger partial charge in [0.2, 0.25) is 11.8 Å². The van der Waals surface area contributed by atoms with Gasteiger partial charge < -0.3 is 15.2 Å². The average Bonchev–Trinajstić information content (AvgIpc) is 3.38. The summed E-state index contributed by atoms with van der Waals surface area (Å²) in [5, 5.41) is 12.8. The Hall–Kier alpha value is -3.88. The lowest BCUT2D eigenvalue weighted by molar-refractivity contribution is -0.150. The lowest BCUT2D eigenvalue weighted by atomic mass is 9.98. The molecule has 2 atom stereocenters. The Bertz CT molecular complexity index is 1070. The highest BCUT2D eigenvalue weighted by Gasteiger charge is 2.39. The predicted octanol–water partition coefficient (Wildman–Crippen LogP) is 2.66. The number of hydrazine groups is 1. The van der Waals surface area contributed by atoms with Gasteiger partial charge in [0.1, 0.15) is 6.61 Å². The van der Waals surface area contributed by atoms with Crippen LogP contribution in [0, 0.1) is 5.92 Å². The summed E-state index contributed by atoms with van der Waals surface area (Å²) < 4.78 is 5.52. The molecule has 4 rings (SSSR count). The summed E-state index contributed by atoms with van der Waals surface area (Å²) >= 11 is 0. The van der Waals surface area contributed by atoms with Crippen LogP contribution in [0.4, 0.5) is 4.79 Å². The van der Waals surface area contributed by atoms with Crippen LogP contribution in [0.15, 0.2) is 48.5 Å². The Morgan fingerprint density at radius 1 is 1.12 bits per heavy atom. The Balaban J connectivity index is 1.30. The van der Waals surface area contributed by atoms with Crippen molar-refractivity contribution in [2.75, 3.05) is 13.2 Å². The Kier molecular flexibility index (Phi) is 6.81. The summed E-state index contributed by atoms with van der Waals surface area (Å²) in [5.74, 6) is -2.53.